The molecular formula is C15H19N5O. The minimum Gasteiger partial charge on any atom is -0.364 e. The van der Waals surface area contributed by atoms with Gasteiger partial charge < -0.3 is 9.80 Å². The van der Waals surface area contributed by atoms with Crippen LogP contribution in [0.1, 0.15) is 18.4 Å². The van der Waals surface area contributed by atoms with Gasteiger partial charge in [0.2, 0.25) is 5.91 Å². The Morgan fingerprint density at radius 3 is 2.67 bits per heavy atom. The fourth-order valence-corrected chi connectivity index (χ4v) is 2.93. The van der Waals surface area contributed by atoms with Gasteiger partial charge in [0.15, 0.2) is 5.65 Å². The highest BCUT2D eigenvalue weighted by Crippen LogP contribution is 2.31. The molecule has 4 rings (SSSR count). The van der Waals surface area contributed by atoms with E-state index in [-0.39, 0.29) is 0 Å². The van der Waals surface area contributed by atoms with Crippen molar-refractivity contribution in [2.45, 2.75) is 19.8 Å². The third-order valence-electron chi connectivity index (χ3n) is 4.33. The van der Waals surface area contributed by atoms with Crippen LogP contribution in [0.3, 0.4) is 0 Å². The lowest BCUT2D eigenvalue weighted by atomic mass is 10.2. The molecule has 0 N–H and O–H groups in total. The van der Waals surface area contributed by atoms with Crippen molar-refractivity contribution < 1.29 is 4.79 Å². The van der Waals surface area contributed by atoms with E-state index in [1.165, 1.54) is 0 Å². The molecule has 1 saturated carbocycles. The van der Waals surface area contributed by atoms with Crippen LogP contribution in [-0.4, -0.2) is 51.6 Å². The maximum atomic E-state index is 12.1. The van der Waals surface area contributed by atoms with Gasteiger partial charge in [-0.3, -0.25) is 4.79 Å². The predicted octanol–water partition coefficient (Wildman–Crippen LogP) is 1.10. The van der Waals surface area contributed by atoms with Gasteiger partial charge in [-0.05, 0) is 25.3 Å². The van der Waals surface area contributed by atoms with E-state index in [1.54, 1.807) is 0 Å². The summed E-state index contributed by atoms with van der Waals surface area (Å²) in [4.78, 5) is 20.9. The quantitative estimate of drug-likeness (QED) is 0.829. The van der Waals surface area contributed by atoms with E-state index in [0.717, 1.165) is 55.9 Å². The zero-order valence-electron chi connectivity index (χ0n) is 12.2. The van der Waals surface area contributed by atoms with Gasteiger partial charge in [-0.2, -0.15) is 5.10 Å². The fraction of sp³-hybridized carbons (Fsp3) is 0.533. The molecule has 0 atom stereocenters. The van der Waals surface area contributed by atoms with E-state index in [2.05, 4.69) is 15.0 Å². The Balaban J connectivity index is 1.50. The summed E-state index contributed by atoms with van der Waals surface area (Å²) in [6.07, 6.45) is 7.89. The molecule has 1 aliphatic heterocycles. The Bertz CT molecular complexity index is 682. The molecule has 1 aliphatic carbocycles. The van der Waals surface area contributed by atoms with Gasteiger partial charge in [-0.15, -0.1) is 0 Å². The minimum atomic E-state index is 0.318. The van der Waals surface area contributed by atoms with E-state index in [4.69, 9.17) is 0 Å². The van der Waals surface area contributed by atoms with Crippen molar-refractivity contribution >= 4 is 17.2 Å². The highest BCUT2D eigenvalue weighted by molar-refractivity contribution is 5.81. The smallest absolute Gasteiger partial charge is 0.225 e. The third-order valence-corrected chi connectivity index (χ3v) is 4.33. The first kappa shape index (κ1) is 12.6. The summed E-state index contributed by atoms with van der Waals surface area (Å²) < 4.78 is 1.83. The molecule has 21 heavy (non-hydrogen) atoms. The molecule has 2 aliphatic rings. The van der Waals surface area contributed by atoms with Gasteiger partial charge in [0.1, 0.15) is 5.69 Å². The van der Waals surface area contributed by atoms with Crippen LogP contribution in [-0.2, 0) is 4.79 Å². The first-order valence-electron chi connectivity index (χ1n) is 7.56. The van der Waals surface area contributed by atoms with Gasteiger partial charge in [-0.1, -0.05) is 0 Å². The number of aromatic nitrogens is 3. The van der Waals surface area contributed by atoms with Gasteiger partial charge in [0, 0.05) is 44.5 Å². The maximum absolute atomic E-state index is 12.1. The summed E-state index contributed by atoms with van der Waals surface area (Å²) in [5.74, 6) is 0.668. The highest BCUT2D eigenvalue weighted by atomic mass is 16.2. The van der Waals surface area contributed by atoms with Gasteiger partial charge >= 0.3 is 0 Å². The zero-order chi connectivity index (χ0) is 14.4. The van der Waals surface area contributed by atoms with Crippen molar-refractivity contribution in [3.8, 4) is 0 Å². The molecular weight excluding hydrogens is 266 g/mol. The lowest BCUT2D eigenvalue weighted by Gasteiger charge is -2.35. The second kappa shape index (κ2) is 4.72. The van der Waals surface area contributed by atoms with E-state index in [1.807, 2.05) is 34.9 Å². The van der Waals surface area contributed by atoms with E-state index in [9.17, 15) is 4.79 Å². The number of carbonyl (C=O) groups is 1. The number of aryl methyl sites for hydroxylation is 1. The SMILES string of the molecule is Cc1cnc2c(N3CCN(C(=O)C4CC4)CC3)cnn2c1. The number of hydrogen-bond acceptors (Lipinski definition) is 4. The topological polar surface area (TPSA) is 53.7 Å². The van der Waals surface area contributed by atoms with Crippen LogP contribution in [0.4, 0.5) is 5.69 Å². The summed E-state index contributed by atoms with van der Waals surface area (Å²) in [6, 6.07) is 0. The normalized spacial score (nSPS) is 19.3. The summed E-state index contributed by atoms with van der Waals surface area (Å²) >= 11 is 0. The fourth-order valence-electron chi connectivity index (χ4n) is 2.93. The maximum Gasteiger partial charge on any atom is 0.225 e. The molecule has 3 heterocycles. The molecule has 0 radical (unpaired) electrons. The monoisotopic (exact) mass is 285 g/mol. The van der Waals surface area contributed by atoms with Crippen LogP contribution in [0, 0.1) is 12.8 Å². The lowest BCUT2D eigenvalue weighted by molar-refractivity contribution is -0.132. The van der Waals surface area contributed by atoms with Crippen molar-refractivity contribution in [3.05, 3.63) is 24.2 Å². The van der Waals surface area contributed by atoms with Crippen molar-refractivity contribution in [1.29, 1.82) is 0 Å². The Morgan fingerprint density at radius 2 is 1.95 bits per heavy atom. The van der Waals surface area contributed by atoms with Crippen LogP contribution < -0.4 is 4.90 Å². The van der Waals surface area contributed by atoms with Crippen molar-refractivity contribution in [2.75, 3.05) is 31.1 Å². The van der Waals surface area contributed by atoms with E-state index in [0.29, 0.717) is 11.8 Å². The van der Waals surface area contributed by atoms with Crippen LogP contribution in [0.2, 0.25) is 0 Å². The zero-order valence-corrected chi connectivity index (χ0v) is 12.2. The first-order valence-corrected chi connectivity index (χ1v) is 7.56. The molecule has 0 unspecified atom stereocenters. The largest absolute Gasteiger partial charge is 0.364 e. The molecule has 2 aromatic heterocycles. The molecule has 6 nitrogen and oxygen atoms in total. The Morgan fingerprint density at radius 1 is 1.19 bits per heavy atom. The predicted molar refractivity (Wildman–Crippen MR) is 79.2 cm³/mol. The van der Waals surface area contributed by atoms with Crippen LogP contribution in [0.5, 0.6) is 0 Å². The summed E-state index contributed by atoms with van der Waals surface area (Å²) in [6.45, 7) is 5.33. The number of carbonyl (C=O) groups excluding carboxylic acids is 1. The second-order valence-corrected chi connectivity index (χ2v) is 6.02. The molecule has 1 saturated heterocycles. The van der Waals surface area contributed by atoms with Crippen LogP contribution in [0.15, 0.2) is 18.6 Å². The molecule has 1 amide bonds. The molecule has 0 aromatic carbocycles. The summed E-state index contributed by atoms with van der Waals surface area (Å²) in [5.41, 5.74) is 3.05. The third kappa shape index (κ3) is 2.24. The molecule has 110 valence electrons. The first-order chi connectivity index (χ1) is 10.2. The number of piperazine rings is 1. The van der Waals surface area contributed by atoms with E-state index >= 15 is 0 Å². The summed E-state index contributed by atoms with van der Waals surface area (Å²) in [7, 11) is 0. The Kier molecular flexibility index (Phi) is 2.83. The number of fused-ring (bicyclic) bond motifs is 1. The summed E-state index contributed by atoms with van der Waals surface area (Å²) in [5, 5.41) is 4.38. The van der Waals surface area contributed by atoms with Crippen molar-refractivity contribution in [3.63, 3.8) is 0 Å². The number of amides is 1. The molecule has 2 aromatic rings. The van der Waals surface area contributed by atoms with Crippen molar-refractivity contribution in [2.24, 2.45) is 5.92 Å². The Labute approximate surface area is 123 Å². The van der Waals surface area contributed by atoms with Gasteiger partial charge in [0.25, 0.3) is 0 Å². The second-order valence-electron chi connectivity index (χ2n) is 6.02. The number of anilines is 1. The molecule has 0 bridgehead atoms. The molecule has 0 spiro atoms. The number of hydrogen-bond donors (Lipinski definition) is 0. The Hall–Kier alpha value is -2.11. The number of nitrogens with zero attached hydrogens (tertiary/aromatic N) is 5. The van der Waals surface area contributed by atoms with Crippen LogP contribution >= 0.6 is 0 Å². The average Bonchev–Trinajstić information content (AvgIpc) is 3.27. The average molecular weight is 285 g/mol. The molecule has 2 fully saturated rings. The standard InChI is InChI=1S/C15H19N5O/c1-11-8-16-14-13(9-17-20(14)10-11)18-4-6-19(7-5-18)15(21)12-2-3-12/h8-10,12H,2-7H2,1H3. The van der Waals surface area contributed by atoms with Gasteiger partial charge in [-0.25, -0.2) is 9.50 Å². The van der Waals surface area contributed by atoms with Gasteiger partial charge in [0.05, 0.1) is 6.20 Å². The highest BCUT2D eigenvalue weighted by Gasteiger charge is 2.34. The van der Waals surface area contributed by atoms with E-state index < -0.39 is 0 Å². The number of rotatable bonds is 2. The minimum absolute atomic E-state index is 0.318. The van der Waals surface area contributed by atoms with Crippen molar-refractivity contribution in [1.82, 2.24) is 19.5 Å². The molecule has 6 heteroatoms. The van der Waals surface area contributed by atoms with Crippen LogP contribution in [0.25, 0.3) is 5.65 Å². The lowest BCUT2D eigenvalue weighted by Crippen LogP contribution is -2.49.